The van der Waals surface area contributed by atoms with Crippen LogP contribution in [0.25, 0.3) is 0 Å². The molecule has 0 aliphatic carbocycles. The summed E-state index contributed by atoms with van der Waals surface area (Å²) in [6.45, 7) is 1.98. The molecule has 0 heterocycles. The Kier molecular flexibility index (Phi) is 6.37. The van der Waals surface area contributed by atoms with Crippen molar-refractivity contribution in [3.05, 3.63) is 29.3 Å². The monoisotopic (exact) mass is 319 g/mol. The highest BCUT2D eigenvalue weighted by atomic mass is 79.9. The number of rotatable bonds is 6. The Bertz CT molecular complexity index is 356. The average molecular weight is 321 g/mol. The van der Waals surface area contributed by atoms with Crippen molar-refractivity contribution in [3.8, 4) is 5.75 Å². The molecule has 0 aliphatic rings. The first kappa shape index (κ1) is 14.3. The first-order chi connectivity index (χ1) is 8.11. The highest BCUT2D eigenvalue weighted by molar-refractivity contribution is 9.09. The molecular formula is C12H15BrClNO2. The van der Waals surface area contributed by atoms with Crippen LogP contribution in [0.15, 0.2) is 24.3 Å². The zero-order valence-electron chi connectivity index (χ0n) is 9.58. The third-order valence-corrected chi connectivity index (χ3v) is 2.84. The van der Waals surface area contributed by atoms with Crippen molar-refractivity contribution in [3.63, 3.8) is 0 Å². The van der Waals surface area contributed by atoms with Crippen LogP contribution in [-0.4, -0.2) is 23.9 Å². The van der Waals surface area contributed by atoms with Gasteiger partial charge in [0, 0.05) is 16.4 Å². The molecule has 0 radical (unpaired) electrons. The SMILES string of the molecule is CC(CCBr)NC(=O)COc1ccc(Cl)cc1. The quantitative estimate of drug-likeness (QED) is 0.818. The van der Waals surface area contributed by atoms with Gasteiger partial charge in [0.1, 0.15) is 5.75 Å². The fourth-order valence-corrected chi connectivity index (χ4v) is 2.04. The number of halogens is 2. The standard InChI is InChI=1S/C12H15BrClNO2/c1-9(6-7-13)15-12(16)8-17-11-4-2-10(14)3-5-11/h2-5,9H,6-8H2,1H3,(H,15,16). The minimum atomic E-state index is -0.117. The summed E-state index contributed by atoms with van der Waals surface area (Å²) in [5.74, 6) is 0.520. The molecule has 5 heteroatoms. The van der Waals surface area contributed by atoms with Crippen LogP contribution >= 0.6 is 27.5 Å². The van der Waals surface area contributed by atoms with Crippen molar-refractivity contribution in [2.45, 2.75) is 19.4 Å². The van der Waals surface area contributed by atoms with Crippen LogP contribution in [0.3, 0.4) is 0 Å². The highest BCUT2D eigenvalue weighted by Crippen LogP contribution is 2.15. The number of ether oxygens (including phenoxy) is 1. The lowest BCUT2D eigenvalue weighted by Gasteiger charge is -2.12. The molecule has 1 rings (SSSR count). The maximum absolute atomic E-state index is 11.5. The average Bonchev–Trinajstić information content (AvgIpc) is 2.28. The first-order valence-electron chi connectivity index (χ1n) is 5.35. The Balaban J connectivity index is 2.30. The molecule has 0 aromatic heterocycles. The Morgan fingerprint density at radius 1 is 1.47 bits per heavy atom. The van der Waals surface area contributed by atoms with Crippen molar-refractivity contribution in [2.24, 2.45) is 0 Å². The summed E-state index contributed by atoms with van der Waals surface area (Å²) < 4.78 is 5.32. The van der Waals surface area contributed by atoms with Gasteiger partial charge in [0.05, 0.1) is 0 Å². The molecule has 1 aromatic rings. The predicted molar refractivity (Wildman–Crippen MR) is 73.0 cm³/mol. The molecule has 94 valence electrons. The smallest absolute Gasteiger partial charge is 0.258 e. The minimum Gasteiger partial charge on any atom is -0.484 e. The van der Waals surface area contributed by atoms with E-state index in [1.54, 1.807) is 24.3 Å². The minimum absolute atomic E-state index is 0.0221. The summed E-state index contributed by atoms with van der Waals surface area (Å²) in [6, 6.07) is 7.07. The van der Waals surface area contributed by atoms with Gasteiger partial charge in [-0.25, -0.2) is 0 Å². The highest BCUT2D eigenvalue weighted by Gasteiger charge is 2.07. The third kappa shape index (κ3) is 5.94. The van der Waals surface area contributed by atoms with Gasteiger partial charge >= 0.3 is 0 Å². The van der Waals surface area contributed by atoms with E-state index < -0.39 is 0 Å². The van der Waals surface area contributed by atoms with Gasteiger partial charge < -0.3 is 10.1 Å². The van der Waals surface area contributed by atoms with Crippen LogP contribution in [0.5, 0.6) is 5.75 Å². The van der Waals surface area contributed by atoms with E-state index in [4.69, 9.17) is 16.3 Å². The summed E-state index contributed by atoms with van der Waals surface area (Å²) in [5, 5.41) is 4.36. The van der Waals surface area contributed by atoms with Gasteiger partial charge in [-0.15, -0.1) is 0 Å². The van der Waals surface area contributed by atoms with Gasteiger partial charge in [0.15, 0.2) is 6.61 Å². The molecule has 0 bridgehead atoms. The van der Waals surface area contributed by atoms with Crippen molar-refractivity contribution >= 4 is 33.4 Å². The zero-order valence-corrected chi connectivity index (χ0v) is 11.9. The van der Waals surface area contributed by atoms with Crippen molar-refractivity contribution in [1.29, 1.82) is 0 Å². The van der Waals surface area contributed by atoms with Crippen LogP contribution in [-0.2, 0) is 4.79 Å². The number of benzene rings is 1. The molecule has 1 unspecified atom stereocenters. The Morgan fingerprint density at radius 2 is 2.12 bits per heavy atom. The van der Waals surface area contributed by atoms with Gasteiger partial charge in [-0.1, -0.05) is 27.5 Å². The second-order valence-electron chi connectivity index (χ2n) is 3.69. The molecule has 0 saturated heterocycles. The number of nitrogens with one attached hydrogen (secondary N) is 1. The van der Waals surface area contributed by atoms with Crippen LogP contribution in [0.4, 0.5) is 0 Å². The molecule has 17 heavy (non-hydrogen) atoms. The van der Waals surface area contributed by atoms with E-state index in [0.29, 0.717) is 10.8 Å². The first-order valence-corrected chi connectivity index (χ1v) is 6.85. The topological polar surface area (TPSA) is 38.3 Å². The molecule has 3 nitrogen and oxygen atoms in total. The lowest BCUT2D eigenvalue weighted by molar-refractivity contribution is -0.123. The van der Waals surface area contributed by atoms with Crippen molar-refractivity contribution < 1.29 is 9.53 Å². The number of carbonyl (C=O) groups excluding carboxylic acids is 1. The normalized spacial score (nSPS) is 11.9. The maximum atomic E-state index is 11.5. The second kappa shape index (κ2) is 7.56. The fourth-order valence-electron chi connectivity index (χ4n) is 1.23. The van der Waals surface area contributed by atoms with E-state index in [1.807, 2.05) is 6.92 Å². The Hall–Kier alpha value is -0.740. The van der Waals surface area contributed by atoms with Crippen LogP contribution < -0.4 is 10.1 Å². The van der Waals surface area contributed by atoms with E-state index in [-0.39, 0.29) is 18.6 Å². The summed E-state index contributed by atoms with van der Waals surface area (Å²) in [5.41, 5.74) is 0. The largest absolute Gasteiger partial charge is 0.484 e. The summed E-state index contributed by atoms with van der Waals surface area (Å²) in [6.07, 6.45) is 0.896. The summed E-state index contributed by atoms with van der Waals surface area (Å²) in [7, 11) is 0. The van der Waals surface area contributed by atoms with Gasteiger partial charge in [0.2, 0.25) is 0 Å². The number of amides is 1. The van der Waals surface area contributed by atoms with E-state index in [1.165, 1.54) is 0 Å². The summed E-state index contributed by atoms with van der Waals surface area (Å²) >= 11 is 9.07. The lowest BCUT2D eigenvalue weighted by Crippen LogP contribution is -2.36. The van der Waals surface area contributed by atoms with Crippen molar-refractivity contribution in [2.75, 3.05) is 11.9 Å². The molecule has 0 fully saturated rings. The summed E-state index contributed by atoms with van der Waals surface area (Å²) in [4.78, 5) is 11.5. The molecule has 0 saturated carbocycles. The molecule has 1 N–H and O–H groups in total. The van der Waals surface area contributed by atoms with Crippen LogP contribution in [0, 0.1) is 0 Å². The maximum Gasteiger partial charge on any atom is 0.258 e. The molecule has 0 spiro atoms. The lowest BCUT2D eigenvalue weighted by atomic mass is 10.2. The molecule has 1 amide bonds. The number of alkyl halides is 1. The van der Waals surface area contributed by atoms with Gasteiger partial charge in [-0.05, 0) is 37.6 Å². The molecule has 1 atom stereocenters. The number of carbonyl (C=O) groups is 1. The Morgan fingerprint density at radius 3 is 2.71 bits per heavy atom. The van der Waals surface area contributed by atoms with Gasteiger partial charge in [-0.3, -0.25) is 4.79 Å². The molecule has 1 aromatic carbocycles. The molecule has 0 aliphatic heterocycles. The van der Waals surface area contributed by atoms with E-state index >= 15 is 0 Å². The molecular weight excluding hydrogens is 305 g/mol. The van der Waals surface area contributed by atoms with Crippen molar-refractivity contribution in [1.82, 2.24) is 5.32 Å². The van der Waals surface area contributed by atoms with E-state index in [2.05, 4.69) is 21.2 Å². The van der Waals surface area contributed by atoms with Gasteiger partial charge in [0.25, 0.3) is 5.91 Å². The second-order valence-corrected chi connectivity index (χ2v) is 4.92. The number of hydrogen-bond donors (Lipinski definition) is 1. The van der Waals surface area contributed by atoms with E-state index in [9.17, 15) is 4.79 Å². The Labute approximate surface area is 115 Å². The number of hydrogen-bond acceptors (Lipinski definition) is 2. The van der Waals surface area contributed by atoms with Crippen LogP contribution in [0.2, 0.25) is 5.02 Å². The van der Waals surface area contributed by atoms with Crippen LogP contribution in [0.1, 0.15) is 13.3 Å². The van der Waals surface area contributed by atoms with E-state index in [0.717, 1.165) is 11.8 Å². The fraction of sp³-hybridized carbons (Fsp3) is 0.417. The third-order valence-electron chi connectivity index (χ3n) is 2.13. The predicted octanol–water partition coefficient (Wildman–Crippen LogP) is 3.01. The van der Waals surface area contributed by atoms with Gasteiger partial charge in [-0.2, -0.15) is 0 Å². The zero-order chi connectivity index (χ0) is 12.7.